The Balaban J connectivity index is 5.77. The van der Waals surface area contributed by atoms with Crippen LogP contribution < -0.4 is 0 Å². The summed E-state index contributed by atoms with van der Waals surface area (Å²) in [5.74, 6) is -1.21. The Kier molecular flexibility index (Phi) is 8.13. The molecule has 0 aliphatic rings. The average molecular weight is 377 g/mol. The van der Waals surface area contributed by atoms with E-state index in [-0.39, 0.29) is 6.61 Å². The molecule has 4 nitrogen and oxygen atoms in total. The lowest BCUT2D eigenvalue weighted by molar-refractivity contribution is -0.281. The summed E-state index contributed by atoms with van der Waals surface area (Å²) >= 11 is 0. The van der Waals surface area contributed by atoms with Gasteiger partial charge >= 0.3 is 0 Å². The van der Waals surface area contributed by atoms with Gasteiger partial charge in [0.1, 0.15) is 17.1 Å². The maximum absolute atomic E-state index is 6.34. The van der Waals surface area contributed by atoms with Crippen LogP contribution in [0.15, 0.2) is 36.8 Å². The highest BCUT2D eigenvalue weighted by Gasteiger charge is 2.46. The van der Waals surface area contributed by atoms with Gasteiger partial charge in [-0.15, -0.1) is 19.7 Å². The van der Waals surface area contributed by atoms with Crippen LogP contribution in [0, 0.1) is 0 Å². The lowest BCUT2D eigenvalue weighted by Crippen LogP contribution is -2.59. The molecule has 0 N–H and O–H groups in total. The molecular weight excluding hydrogens is 344 g/mol. The highest BCUT2D eigenvalue weighted by Crippen LogP contribution is 2.30. The van der Waals surface area contributed by atoms with E-state index in [1.165, 1.54) is 0 Å². The molecule has 0 aromatic carbocycles. The highest BCUT2D eigenvalue weighted by atomic mass is 28.4. The fourth-order valence-electron chi connectivity index (χ4n) is 1.66. The molecule has 0 unspecified atom stereocenters. The van der Waals surface area contributed by atoms with Crippen molar-refractivity contribution in [2.24, 2.45) is 0 Å². The maximum atomic E-state index is 6.34. The zero-order valence-corrected chi connectivity index (χ0v) is 20.2. The first kappa shape index (κ1) is 21.9. The van der Waals surface area contributed by atoms with Crippen molar-refractivity contribution in [2.75, 3.05) is 6.61 Å². The molecule has 8 heteroatoms. The Morgan fingerprint density at radius 2 is 1.05 bits per heavy atom. The van der Waals surface area contributed by atoms with Gasteiger partial charge in [0, 0.05) is 0 Å². The van der Waals surface area contributed by atoms with E-state index in [1.54, 1.807) is 0 Å². The van der Waals surface area contributed by atoms with Crippen molar-refractivity contribution < 1.29 is 17.7 Å². The molecule has 0 bridgehead atoms. The van der Waals surface area contributed by atoms with Crippen LogP contribution in [-0.2, 0) is 17.7 Å². The molecule has 0 saturated heterocycles. The van der Waals surface area contributed by atoms with Crippen molar-refractivity contribution in [1.29, 1.82) is 0 Å². The number of rotatable bonds is 11. The molecule has 0 amide bonds. The normalized spacial score (nSPS) is 13.9. The minimum Gasteiger partial charge on any atom is -0.420 e. The topological polar surface area (TPSA) is 36.9 Å². The summed E-state index contributed by atoms with van der Waals surface area (Å²) in [6.07, 6.45) is 0. The van der Waals surface area contributed by atoms with Crippen LogP contribution in [-0.4, -0.2) is 48.0 Å². The van der Waals surface area contributed by atoms with Gasteiger partial charge in [-0.25, -0.2) is 0 Å². The number of hydrogen-bond acceptors (Lipinski definition) is 4. The molecular formula is C14H32O4Si4. The third kappa shape index (κ3) is 7.46. The molecule has 0 aliphatic carbocycles. The average Bonchev–Trinajstić information content (AvgIpc) is 2.37. The quantitative estimate of drug-likeness (QED) is 0.410. The fourth-order valence-corrected chi connectivity index (χ4v) is 5.34. The van der Waals surface area contributed by atoms with Crippen LogP contribution in [0.5, 0.6) is 0 Å². The predicted octanol–water partition coefficient (Wildman–Crippen LogP) is 2.78. The van der Waals surface area contributed by atoms with E-state index >= 15 is 0 Å². The van der Waals surface area contributed by atoms with Crippen molar-refractivity contribution >= 4 is 35.4 Å². The second kappa shape index (κ2) is 8.15. The van der Waals surface area contributed by atoms with Crippen molar-refractivity contribution in [3.05, 3.63) is 36.8 Å². The summed E-state index contributed by atoms with van der Waals surface area (Å²) in [7, 11) is -5.87. The van der Waals surface area contributed by atoms with Crippen molar-refractivity contribution in [2.45, 2.75) is 45.3 Å². The molecule has 0 radical (unpaired) electrons. The molecule has 0 aliphatic heterocycles. The van der Waals surface area contributed by atoms with Crippen molar-refractivity contribution in [3.8, 4) is 0 Å². The Morgan fingerprint density at radius 3 is 1.23 bits per heavy atom. The maximum Gasteiger partial charge on any atom is 0.278 e. The number of hydrogen-bond donors (Lipinski definition) is 0. The molecule has 128 valence electrons. The lowest BCUT2D eigenvalue weighted by atomic mass is 10.6. The van der Waals surface area contributed by atoms with Crippen molar-refractivity contribution in [3.63, 3.8) is 0 Å². The first-order chi connectivity index (χ1) is 9.86. The fraction of sp³-hybridized carbons (Fsp3) is 0.571. The van der Waals surface area contributed by atoms with Gasteiger partial charge in [-0.1, -0.05) is 17.1 Å². The molecule has 0 spiro atoms. The molecule has 0 heterocycles. The molecule has 0 atom stereocenters. The van der Waals surface area contributed by atoms with Gasteiger partial charge in [0.15, 0.2) is 0 Å². The highest BCUT2D eigenvalue weighted by molar-refractivity contribution is 6.78. The van der Waals surface area contributed by atoms with Gasteiger partial charge in [-0.05, 0) is 39.3 Å². The largest absolute Gasteiger partial charge is 0.420 e. The van der Waals surface area contributed by atoms with Crippen LogP contribution in [0.25, 0.3) is 0 Å². The molecule has 0 aromatic rings. The Labute approximate surface area is 142 Å². The van der Waals surface area contributed by atoms with Crippen molar-refractivity contribution in [1.82, 2.24) is 0 Å². The molecule has 22 heavy (non-hydrogen) atoms. The van der Waals surface area contributed by atoms with E-state index < -0.39 is 30.9 Å². The smallest absolute Gasteiger partial charge is 0.278 e. The summed E-state index contributed by atoms with van der Waals surface area (Å²) in [5.41, 5.74) is 5.60. The van der Waals surface area contributed by atoms with E-state index in [4.69, 9.17) is 17.7 Å². The van der Waals surface area contributed by atoms with Gasteiger partial charge in [-0.3, -0.25) is 0 Å². The molecule has 0 fully saturated rings. The van der Waals surface area contributed by atoms with E-state index in [2.05, 4.69) is 59.0 Å². The predicted molar refractivity (Wildman–Crippen MR) is 105 cm³/mol. The third-order valence-corrected chi connectivity index (χ3v) is 8.80. The molecule has 0 aromatic heterocycles. The summed E-state index contributed by atoms with van der Waals surface area (Å²) in [4.78, 5) is 0. The SMILES string of the molecule is C=C[Si](C)(C)OC(CO[SiH3])(O[Si](C)(C)C=C)O[Si](C)(C)C=C. The zero-order chi connectivity index (χ0) is 17.7. The standard InChI is InChI=1S/C14H32O4Si4/c1-10-20(4,5)16-14(13-15-19,17-21(6,7)11-2)18-22(8,9)12-3/h10-12H,1-3,13H2,4-9,19H3. The van der Waals surface area contributed by atoms with E-state index in [1.807, 2.05) is 17.1 Å². The minimum absolute atomic E-state index is 0.248. The monoisotopic (exact) mass is 376 g/mol. The van der Waals surface area contributed by atoms with E-state index in [0.717, 1.165) is 0 Å². The second-order valence-electron chi connectivity index (χ2n) is 6.84. The van der Waals surface area contributed by atoms with Gasteiger partial charge in [0.05, 0.1) is 0 Å². The van der Waals surface area contributed by atoms with Crippen LogP contribution in [0.2, 0.25) is 39.3 Å². The first-order valence-corrected chi connectivity index (χ1v) is 17.1. The molecule has 0 rings (SSSR count). The van der Waals surface area contributed by atoms with Gasteiger partial charge in [0.25, 0.3) is 5.97 Å². The van der Waals surface area contributed by atoms with Gasteiger partial charge < -0.3 is 17.7 Å². The van der Waals surface area contributed by atoms with Crippen LogP contribution in [0.4, 0.5) is 0 Å². The van der Waals surface area contributed by atoms with Crippen LogP contribution in [0.3, 0.4) is 0 Å². The minimum atomic E-state index is -2.15. The van der Waals surface area contributed by atoms with Crippen LogP contribution >= 0.6 is 0 Å². The molecule has 0 saturated carbocycles. The Hall–Kier alpha value is -0.0725. The first-order valence-electron chi connectivity index (χ1n) is 7.37. The summed E-state index contributed by atoms with van der Waals surface area (Å²) in [6, 6.07) is 0. The van der Waals surface area contributed by atoms with E-state index in [9.17, 15) is 0 Å². The summed E-state index contributed by atoms with van der Waals surface area (Å²) < 4.78 is 24.5. The Morgan fingerprint density at radius 1 is 0.773 bits per heavy atom. The zero-order valence-electron chi connectivity index (χ0n) is 15.2. The summed E-state index contributed by atoms with van der Waals surface area (Å²) in [6.45, 7) is 24.2. The van der Waals surface area contributed by atoms with Gasteiger partial charge in [-0.2, -0.15) is 0 Å². The second-order valence-corrected chi connectivity index (χ2v) is 18.9. The lowest BCUT2D eigenvalue weighted by Gasteiger charge is -2.45. The Bertz CT molecular complexity index is 353. The third-order valence-electron chi connectivity index (χ3n) is 3.05. The van der Waals surface area contributed by atoms with E-state index in [0.29, 0.717) is 10.5 Å². The van der Waals surface area contributed by atoms with Gasteiger partial charge in [0.2, 0.25) is 25.0 Å². The summed E-state index contributed by atoms with van der Waals surface area (Å²) in [5, 5.41) is 0. The van der Waals surface area contributed by atoms with Crippen LogP contribution in [0.1, 0.15) is 0 Å².